The van der Waals surface area contributed by atoms with E-state index in [-0.39, 0.29) is 0 Å². The zero-order chi connectivity index (χ0) is 9.68. The average Bonchev–Trinajstić information content (AvgIpc) is 2.09. The summed E-state index contributed by atoms with van der Waals surface area (Å²) in [5.74, 6) is 0.597. The van der Waals surface area contributed by atoms with Crippen molar-refractivity contribution in [3.63, 3.8) is 0 Å². The van der Waals surface area contributed by atoms with E-state index in [1.54, 1.807) is 18.2 Å². The predicted octanol–water partition coefficient (Wildman–Crippen LogP) is 3.29. The van der Waals surface area contributed by atoms with Gasteiger partial charge in [0.1, 0.15) is 0 Å². The van der Waals surface area contributed by atoms with Crippen molar-refractivity contribution in [3.8, 4) is 5.75 Å². The highest BCUT2D eigenvalue weighted by Crippen LogP contribution is 2.26. The molecule has 0 fully saturated rings. The maximum atomic E-state index is 5.86. The van der Waals surface area contributed by atoms with Gasteiger partial charge in [-0.2, -0.15) is 5.48 Å². The van der Waals surface area contributed by atoms with Crippen LogP contribution in [0.5, 0.6) is 5.75 Å². The molecule has 1 N–H and O–H groups in total. The van der Waals surface area contributed by atoms with Gasteiger partial charge < -0.3 is 4.84 Å². The molecule has 0 aliphatic carbocycles. The fraction of sp³-hybridized carbons (Fsp3) is 0.333. The Bertz CT molecular complexity index is 278. The van der Waals surface area contributed by atoms with Gasteiger partial charge >= 0.3 is 0 Å². The first-order chi connectivity index (χ1) is 6.24. The van der Waals surface area contributed by atoms with Crippen molar-refractivity contribution in [2.24, 2.45) is 0 Å². The van der Waals surface area contributed by atoms with E-state index < -0.39 is 0 Å². The number of rotatable bonds is 4. The van der Waals surface area contributed by atoms with Crippen molar-refractivity contribution in [3.05, 3.63) is 28.2 Å². The van der Waals surface area contributed by atoms with Gasteiger partial charge in [-0.3, -0.25) is 0 Å². The number of hydrogen-bond acceptors (Lipinski definition) is 2. The molecule has 72 valence electrons. The molecule has 0 aliphatic rings. The van der Waals surface area contributed by atoms with Gasteiger partial charge in [-0.1, -0.05) is 30.1 Å². The van der Waals surface area contributed by atoms with Crippen molar-refractivity contribution >= 4 is 23.2 Å². The van der Waals surface area contributed by atoms with Gasteiger partial charge in [0.2, 0.25) is 0 Å². The minimum atomic E-state index is 0.510. The van der Waals surface area contributed by atoms with Gasteiger partial charge in [0.25, 0.3) is 0 Å². The summed E-state index contributed by atoms with van der Waals surface area (Å²) < 4.78 is 0. The van der Waals surface area contributed by atoms with Crippen LogP contribution in [0.1, 0.15) is 13.3 Å². The Hall–Kier alpha value is -0.440. The molecule has 0 saturated carbocycles. The molecule has 2 nitrogen and oxygen atoms in total. The average molecular weight is 220 g/mol. The molecule has 1 rings (SSSR count). The Balaban J connectivity index is 2.56. The van der Waals surface area contributed by atoms with Crippen LogP contribution in [0.3, 0.4) is 0 Å². The number of nitrogens with one attached hydrogen (secondary N) is 1. The van der Waals surface area contributed by atoms with Crippen LogP contribution in [0.25, 0.3) is 0 Å². The predicted molar refractivity (Wildman–Crippen MR) is 55.4 cm³/mol. The van der Waals surface area contributed by atoms with Crippen LogP contribution >= 0.6 is 23.2 Å². The molecule has 0 spiro atoms. The molecule has 1 aromatic rings. The molecule has 0 heterocycles. The molecule has 1 aromatic carbocycles. The van der Waals surface area contributed by atoms with Crippen LogP contribution < -0.4 is 10.3 Å². The van der Waals surface area contributed by atoms with Crippen LogP contribution in [-0.2, 0) is 0 Å². The second-order valence-corrected chi connectivity index (χ2v) is 3.41. The van der Waals surface area contributed by atoms with E-state index in [2.05, 4.69) is 12.4 Å². The summed E-state index contributed by atoms with van der Waals surface area (Å²) in [6.45, 7) is 2.85. The zero-order valence-corrected chi connectivity index (χ0v) is 8.82. The summed E-state index contributed by atoms with van der Waals surface area (Å²) in [5.41, 5.74) is 2.78. The van der Waals surface area contributed by atoms with Gasteiger partial charge in [-0.05, 0) is 24.6 Å². The summed E-state index contributed by atoms with van der Waals surface area (Å²) in [6, 6.07) is 5.11. The summed E-state index contributed by atoms with van der Waals surface area (Å²) in [7, 11) is 0. The third-order valence-corrected chi connectivity index (χ3v) is 1.96. The van der Waals surface area contributed by atoms with Gasteiger partial charge in [0.15, 0.2) is 5.75 Å². The fourth-order valence-electron chi connectivity index (χ4n) is 0.789. The summed E-state index contributed by atoms with van der Waals surface area (Å²) >= 11 is 11.6. The Kier molecular flexibility index (Phi) is 4.36. The fourth-order valence-corrected chi connectivity index (χ4v) is 1.24. The molecular weight excluding hydrogens is 209 g/mol. The van der Waals surface area contributed by atoms with Crippen LogP contribution in [-0.4, -0.2) is 6.54 Å². The van der Waals surface area contributed by atoms with E-state index >= 15 is 0 Å². The van der Waals surface area contributed by atoms with Crippen molar-refractivity contribution < 1.29 is 4.84 Å². The third kappa shape index (κ3) is 3.43. The Labute approximate surface area is 87.8 Å². The van der Waals surface area contributed by atoms with E-state index in [9.17, 15) is 0 Å². The Morgan fingerprint density at radius 1 is 1.38 bits per heavy atom. The van der Waals surface area contributed by atoms with E-state index in [0.29, 0.717) is 15.8 Å². The maximum Gasteiger partial charge on any atom is 0.165 e. The minimum absolute atomic E-state index is 0.510. The normalized spacial score (nSPS) is 10.1. The lowest BCUT2D eigenvalue weighted by Crippen LogP contribution is -2.19. The molecular formula is C9H11Cl2NO. The highest BCUT2D eigenvalue weighted by Gasteiger charge is 2.01. The molecule has 0 saturated heterocycles. The molecule has 4 heteroatoms. The molecule has 0 aromatic heterocycles. The Morgan fingerprint density at radius 2 is 2.15 bits per heavy atom. The van der Waals surface area contributed by atoms with Crippen molar-refractivity contribution in [2.45, 2.75) is 13.3 Å². The first-order valence-electron chi connectivity index (χ1n) is 4.08. The quantitative estimate of drug-likeness (QED) is 0.620. The first-order valence-corrected chi connectivity index (χ1v) is 4.84. The topological polar surface area (TPSA) is 21.3 Å². The number of hydrogen-bond donors (Lipinski definition) is 1. The standard InChI is InChI=1S/C9H11Cl2NO/c1-2-5-12-13-9-4-3-7(10)6-8(9)11/h3-4,6,12H,2,5H2,1H3. The molecule has 0 bridgehead atoms. The molecule has 0 radical (unpaired) electrons. The molecule has 0 atom stereocenters. The third-order valence-electron chi connectivity index (χ3n) is 1.43. The lowest BCUT2D eigenvalue weighted by atomic mass is 10.3. The SMILES string of the molecule is CCCNOc1ccc(Cl)cc1Cl. The monoisotopic (exact) mass is 219 g/mol. The molecule has 0 aliphatic heterocycles. The highest BCUT2D eigenvalue weighted by atomic mass is 35.5. The first kappa shape index (κ1) is 10.6. The molecule has 0 amide bonds. The highest BCUT2D eigenvalue weighted by molar-refractivity contribution is 6.35. The van der Waals surface area contributed by atoms with Gasteiger partial charge in [-0.25, -0.2) is 0 Å². The Morgan fingerprint density at radius 3 is 2.77 bits per heavy atom. The van der Waals surface area contributed by atoms with Crippen molar-refractivity contribution in [1.29, 1.82) is 0 Å². The number of halogens is 2. The summed E-state index contributed by atoms with van der Waals surface area (Å²) in [5, 5.41) is 1.11. The maximum absolute atomic E-state index is 5.86. The number of hydroxylamine groups is 1. The van der Waals surface area contributed by atoms with E-state index in [1.807, 2.05) is 0 Å². The van der Waals surface area contributed by atoms with Gasteiger partial charge in [0.05, 0.1) is 5.02 Å². The van der Waals surface area contributed by atoms with Gasteiger partial charge in [0, 0.05) is 11.6 Å². The largest absolute Gasteiger partial charge is 0.407 e. The van der Waals surface area contributed by atoms with Crippen LogP contribution in [0.2, 0.25) is 10.0 Å². The lowest BCUT2D eigenvalue weighted by Gasteiger charge is -2.07. The smallest absolute Gasteiger partial charge is 0.165 e. The van der Waals surface area contributed by atoms with Crippen molar-refractivity contribution in [1.82, 2.24) is 5.48 Å². The molecule has 13 heavy (non-hydrogen) atoms. The van der Waals surface area contributed by atoms with E-state index in [0.717, 1.165) is 13.0 Å². The van der Waals surface area contributed by atoms with Gasteiger partial charge in [-0.15, -0.1) is 0 Å². The summed E-state index contributed by atoms with van der Waals surface area (Å²) in [4.78, 5) is 5.19. The minimum Gasteiger partial charge on any atom is -0.407 e. The summed E-state index contributed by atoms with van der Waals surface area (Å²) in [6.07, 6.45) is 1.01. The number of benzene rings is 1. The van der Waals surface area contributed by atoms with Crippen LogP contribution in [0.4, 0.5) is 0 Å². The van der Waals surface area contributed by atoms with E-state index in [4.69, 9.17) is 28.0 Å². The molecule has 0 unspecified atom stereocenters. The van der Waals surface area contributed by atoms with Crippen molar-refractivity contribution in [2.75, 3.05) is 6.54 Å². The van der Waals surface area contributed by atoms with Crippen LogP contribution in [0, 0.1) is 0 Å². The van der Waals surface area contributed by atoms with Crippen LogP contribution in [0.15, 0.2) is 18.2 Å². The second-order valence-electron chi connectivity index (χ2n) is 2.57. The lowest BCUT2D eigenvalue weighted by molar-refractivity contribution is 0.196. The van der Waals surface area contributed by atoms with E-state index in [1.165, 1.54) is 0 Å². The second kappa shape index (κ2) is 5.32. The zero-order valence-electron chi connectivity index (χ0n) is 7.31.